The first-order chi connectivity index (χ1) is 6.15. The Morgan fingerprint density at radius 1 is 1.46 bits per heavy atom. The smallest absolute Gasteiger partial charge is 0.161 e. The van der Waals surface area contributed by atoms with E-state index < -0.39 is 5.60 Å². The number of ketones is 1. The Balaban J connectivity index is 2.10. The molecule has 74 valence electrons. The van der Waals surface area contributed by atoms with E-state index in [9.17, 15) is 4.79 Å². The van der Waals surface area contributed by atoms with Crippen LogP contribution in [0, 0.1) is 5.92 Å². The Hall–Kier alpha value is -0.410. The Labute approximate surface area is 78.6 Å². The van der Waals surface area contributed by atoms with E-state index in [1.54, 1.807) is 6.92 Å². The van der Waals surface area contributed by atoms with Crippen LogP contribution < -0.4 is 5.73 Å². The number of Topliss-reactive ketones (excluding diaryl/α,β-unsaturated/α-hetero) is 1. The van der Waals surface area contributed by atoms with Crippen molar-refractivity contribution in [2.75, 3.05) is 6.61 Å². The van der Waals surface area contributed by atoms with E-state index in [1.165, 1.54) is 0 Å². The average molecular weight is 183 g/mol. The molecular formula is C10H17NO2. The molecule has 2 aliphatic rings. The maximum absolute atomic E-state index is 11.5. The number of hydrogen-bond acceptors (Lipinski definition) is 3. The highest BCUT2D eigenvalue weighted by Gasteiger charge is 2.51. The molecule has 2 N–H and O–H groups in total. The molecule has 0 bridgehead atoms. The van der Waals surface area contributed by atoms with Gasteiger partial charge in [0.1, 0.15) is 5.60 Å². The Bertz CT molecular complexity index is 215. The quantitative estimate of drug-likeness (QED) is 0.691. The van der Waals surface area contributed by atoms with Crippen molar-refractivity contribution >= 4 is 5.78 Å². The summed E-state index contributed by atoms with van der Waals surface area (Å²) in [5, 5.41) is 0. The summed E-state index contributed by atoms with van der Waals surface area (Å²) in [7, 11) is 0. The van der Waals surface area contributed by atoms with Gasteiger partial charge < -0.3 is 10.5 Å². The van der Waals surface area contributed by atoms with Gasteiger partial charge in [-0.25, -0.2) is 0 Å². The van der Waals surface area contributed by atoms with Crippen molar-refractivity contribution in [3.05, 3.63) is 0 Å². The van der Waals surface area contributed by atoms with E-state index in [2.05, 4.69) is 0 Å². The molecule has 0 aromatic carbocycles. The topological polar surface area (TPSA) is 52.3 Å². The number of nitrogens with two attached hydrogens (primary N) is 1. The molecule has 2 rings (SSSR count). The largest absolute Gasteiger partial charge is 0.365 e. The molecule has 2 atom stereocenters. The molecule has 3 heteroatoms. The van der Waals surface area contributed by atoms with Gasteiger partial charge in [0.05, 0.1) is 6.61 Å². The van der Waals surface area contributed by atoms with E-state index in [-0.39, 0.29) is 11.8 Å². The van der Waals surface area contributed by atoms with Crippen molar-refractivity contribution in [2.45, 2.75) is 44.2 Å². The molecule has 0 amide bonds. The fraction of sp³-hybridized carbons (Fsp3) is 0.900. The van der Waals surface area contributed by atoms with Gasteiger partial charge in [0, 0.05) is 6.04 Å². The second kappa shape index (κ2) is 3.07. The Morgan fingerprint density at radius 2 is 2.15 bits per heavy atom. The van der Waals surface area contributed by atoms with E-state index in [4.69, 9.17) is 10.5 Å². The molecule has 13 heavy (non-hydrogen) atoms. The fourth-order valence-corrected chi connectivity index (χ4v) is 2.25. The van der Waals surface area contributed by atoms with Crippen LogP contribution in [0.3, 0.4) is 0 Å². The molecule has 0 radical (unpaired) electrons. The van der Waals surface area contributed by atoms with Gasteiger partial charge in [-0.15, -0.1) is 0 Å². The normalized spacial score (nSPS) is 40.3. The lowest BCUT2D eigenvalue weighted by atomic mass is 9.84. The van der Waals surface area contributed by atoms with Crippen molar-refractivity contribution in [1.29, 1.82) is 0 Å². The SMILES string of the molecule is CC(=O)[C@@]1(C2CC2)CC[C@@H](N)CO1. The second-order valence-corrected chi connectivity index (χ2v) is 4.33. The number of carbonyl (C=O) groups excluding carboxylic acids is 1. The third-order valence-electron chi connectivity index (χ3n) is 3.27. The molecule has 0 aromatic rings. The zero-order valence-electron chi connectivity index (χ0n) is 8.08. The van der Waals surface area contributed by atoms with Crippen LogP contribution in [0.2, 0.25) is 0 Å². The summed E-state index contributed by atoms with van der Waals surface area (Å²) in [5.41, 5.74) is 5.29. The van der Waals surface area contributed by atoms with Crippen molar-refractivity contribution in [1.82, 2.24) is 0 Å². The summed E-state index contributed by atoms with van der Waals surface area (Å²) >= 11 is 0. The monoisotopic (exact) mass is 183 g/mol. The molecule has 0 spiro atoms. The summed E-state index contributed by atoms with van der Waals surface area (Å²) in [6, 6.07) is 0.131. The molecule has 1 aliphatic heterocycles. The van der Waals surface area contributed by atoms with Crippen LogP contribution in [-0.4, -0.2) is 24.0 Å². The lowest BCUT2D eigenvalue weighted by Gasteiger charge is -2.37. The van der Waals surface area contributed by atoms with Gasteiger partial charge in [-0.3, -0.25) is 4.79 Å². The fourth-order valence-electron chi connectivity index (χ4n) is 2.25. The Kier molecular flexibility index (Phi) is 2.16. The van der Waals surface area contributed by atoms with Crippen molar-refractivity contribution in [3.63, 3.8) is 0 Å². The summed E-state index contributed by atoms with van der Waals surface area (Å²) in [6.07, 6.45) is 4.05. The summed E-state index contributed by atoms with van der Waals surface area (Å²) in [4.78, 5) is 11.5. The minimum atomic E-state index is -0.449. The molecule has 1 aliphatic carbocycles. The number of carbonyl (C=O) groups is 1. The third kappa shape index (κ3) is 1.51. The van der Waals surface area contributed by atoms with E-state index >= 15 is 0 Å². The maximum Gasteiger partial charge on any atom is 0.161 e. The standard InChI is InChI=1S/C10H17NO2/c1-7(12)10(8-2-3-8)5-4-9(11)6-13-10/h8-9H,2-6,11H2,1H3/t9-,10-/m1/s1. The highest BCUT2D eigenvalue weighted by Crippen LogP contribution is 2.46. The van der Waals surface area contributed by atoms with Gasteiger partial charge in [0.25, 0.3) is 0 Å². The first-order valence-corrected chi connectivity index (χ1v) is 5.06. The van der Waals surface area contributed by atoms with Crippen LogP contribution in [0.1, 0.15) is 32.6 Å². The lowest BCUT2D eigenvalue weighted by Crippen LogP contribution is -2.50. The van der Waals surface area contributed by atoms with E-state index in [0.29, 0.717) is 12.5 Å². The van der Waals surface area contributed by atoms with E-state index in [0.717, 1.165) is 25.7 Å². The van der Waals surface area contributed by atoms with Gasteiger partial charge in [-0.1, -0.05) is 0 Å². The predicted octanol–water partition coefficient (Wildman–Crippen LogP) is 0.862. The maximum atomic E-state index is 11.5. The van der Waals surface area contributed by atoms with Crippen LogP contribution in [0.5, 0.6) is 0 Å². The van der Waals surface area contributed by atoms with Crippen LogP contribution in [0.25, 0.3) is 0 Å². The highest BCUT2D eigenvalue weighted by molar-refractivity contribution is 5.85. The minimum Gasteiger partial charge on any atom is -0.365 e. The molecule has 1 heterocycles. The minimum absolute atomic E-state index is 0.131. The number of ether oxygens (including phenoxy) is 1. The number of hydrogen-bond donors (Lipinski definition) is 1. The van der Waals surface area contributed by atoms with Crippen molar-refractivity contribution < 1.29 is 9.53 Å². The first-order valence-electron chi connectivity index (χ1n) is 5.06. The Morgan fingerprint density at radius 3 is 2.54 bits per heavy atom. The molecule has 2 fully saturated rings. The van der Waals surface area contributed by atoms with Crippen LogP contribution in [-0.2, 0) is 9.53 Å². The van der Waals surface area contributed by atoms with Gasteiger partial charge >= 0.3 is 0 Å². The van der Waals surface area contributed by atoms with Gasteiger partial charge in [-0.2, -0.15) is 0 Å². The van der Waals surface area contributed by atoms with Crippen molar-refractivity contribution in [2.24, 2.45) is 11.7 Å². The summed E-state index contributed by atoms with van der Waals surface area (Å²) < 4.78 is 5.69. The van der Waals surface area contributed by atoms with Crippen LogP contribution >= 0.6 is 0 Å². The second-order valence-electron chi connectivity index (χ2n) is 4.33. The summed E-state index contributed by atoms with van der Waals surface area (Å²) in [5.74, 6) is 0.680. The molecular weight excluding hydrogens is 166 g/mol. The lowest BCUT2D eigenvalue weighted by molar-refractivity contribution is -0.154. The van der Waals surface area contributed by atoms with Crippen molar-refractivity contribution in [3.8, 4) is 0 Å². The highest BCUT2D eigenvalue weighted by atomic mass is 16.5. The number of rotatable bonds is 2. The average Bonchev–Trinajstić information content (AvgIpc) is 2.88. The predicted molar refractivity (Wildman–Crippen MR) is 49.3 cm³/mol. The summed E-state index contributed by atoms with van der Waals surface area (Å²) in [6.45, 7) is 2.20. The zero-order chi connectivity index (χ0) is 9.47. The van der Waals surface area contributed by atoms with E-state index in [1.807, 2.05) is 0 Å². The zero-order valence-corrected chi connectivity index (χ0v) is 8.08. The molecule has 1 saturated heterocycles. The molecule has 3 nitrogen and oxygen atoms in total. The van der Waals surface area contributed by atoms with Gasteiger partial charge in [-0.05, 0) is 38.5 Å². The van der Waals surface area contributed by atoms with Gasteiger partial charge in [0.2, 0.25) is 0 Å². The van der Waals surface area contributed by atoms with Gasteiger partial charge in [0.15, 0.2) is 5.78 Å². The molecule has 1 saturated carbocycles. The van der Waals surface area contributed by atoms with Crippen LogP contribution in [0.4, 0.5) is 0 Å². The molecule has 0 unspecified atom stereocenters. The third-order valence-corrected chi connectivity index (χ3v) is 3.27. The first kappa shape index (κ1) is 9.16. The molecule has 0 aromatic heterocycles. The van der Waals surface area contributed by atoms with Crippen LogP contribution in [0.15, 0.2) is 0 Å².